The average Bonchev–Trinajstić information content (AvgIpc) is 2.09. The smallest absolute Gasteiger partial charge is 0.220 e. The molecule has 0 aliphatic heterocycles. The number of hydrogen-bond donors (Lipinski definition) is 2. The molecule has 13 heavy (non-hydrogen) atoms. The highest BCUT2D eigenvalue weighted by molar-refractivity contribution is 5.75. The molecule has 0 aromatic carbocycles. The van der Waals surface area contributed by atoms with E-state index in [0.29, 0.717) is 13.0 Å². The maximum atomic E-state index is 11.1. The molecule has 0 spiro atoms. The first kappa shape index (κ1) is 12.4. The van der Waals surface area contributed by atoms with Gasteiger partial charge in [0.05, 0.1) is 6.10 Å². The van der Waals surface area contributed by atoms with E-state index in [2.05, 4.69) is 12.2 Å². The van der Waals surface area contributed by atoms with Gasteiger partial charge < -0.3 is 10.4 Å². The van der Waals surface area contributed by atoms with Crippen LogP contribution in [0, 0.1) is 0 Å². The Kier molecular flexibility index (Phi) is 7.69. The summed E-state index contributed by atoms with van der Waals surface area (Å²) in [4.78, 5) is 11.1. The molecule has 3 heteroatoms. The van der Waals surface area contributed by atoms with Gasteiger partial charge >= 0.3 is 0 Å². The van der Waals surface area contributed by atoms with E-state index < -0.39 is 6.10 Å². The molecule has 0 fully saturated rings. The van der Waals surface area contributed by atoms with E-state index in [9.17, 15) is 4.79 Å². The third kappa shape index (κ3) is 9.34. The molecule has 1 amide bonds. The molecule has 0 aromatic rings. The van der Waals surface area contributed by atoms with Gasteiger partial charge in [0, 0.05) is 13.0 Å². The molecule has 0 aliphatic carbocycles. The summed E-state index contributed by atoms with van der Waals surface area (Å²) < 4.78 is 0. The minimum atomic E-state index is -0.445. The van der Waals surface area contributed by atoms with Crippen LogP contribution < -0.4 is 5.32 Å². The monoisotopic (exact) mass is 187 g/mol. The third-order valence-corrected chi connectivity index (χ3v) is 1.85. The van der Waals surface area contributed by atoms with Crippen molar-refractivity contribution < 1.29 is 9.90 Å². The molecule has 0 radical (unpaired) electrons. The molecule has 0 saturated heterocycles. The third-order valence-electron chi connectivity index (χ3n) is 1.85. The summed E-state index contributed by atoms with van der Waals surface area (Å²) in [6.45, 7) is 4.18. The van der Waals surface area contributed by atoms with Crippen LogP contribution in [-0.4, -0.2) is 23.7 Å². The highest BCUT2D eigenvalue weighted by Crippen LogP contribution is 2.01. The molecule has 2 N–H and O–H groups in total. The Morgan fingerprint density at radius 2 is 2.08 bits per heavy atom. The Bertz CT molecular complexity index is 135. The van der Waals surface area contributed by atoms with Crippen molar-refractivity contribution in [1.29, 1.82) is 0 Å². The van der Waals surface area contributed by atoms with E-state index in [1.165, 1.54) is 12.8 Å². The van der Waals surface area contributed by atoms with Gasteiger partial charge in [-0.3, -0.25) is 4.79 Å². The first-order valence-electron chi connectivity index (χ1n) is 5.11. The van der Waals surface area contributed by atoms with E-state index in [-0.39, 0.29) is 5.91 Å². The molecular formula is C10H21NO2. The second-order valence-electron chi connectivity index (χ2n) is 3.46. The number of aliphatic hydroxyl groups is 1. The lowest BCUT2D eigenvalue weighted by Gasteiger charge is -2.06. The van der Waals surface area contributed by atoms with Gasteiger partial charge in [0.15, 0.2) is 0 Å². The number of hydrogen-bond acceptors (Lipinski definition) is 2. The number of rotatable bonds is 7. The van der Waals surface area contributed by atoms with Crippen molar-refractivity contribution in [2.75, 3.05) is 6.54 Å². The van der Waals surface area contributed by atoms with Crippen molar-refractivity contribution in [2.24, 2.45) is 0 Å². The molecule has 0 aliphatic rings. The molecule has 0 bridgehead atoms. The fraction of sp³-hybridized carbons (Fsp3) is 0.900. The summed E-state index contributed by atoms with van der Waals surface area (Å²) in [6, 6.07) is 0. The van der Waals surface area contributed by atoms with Crippen LogP contribution >= 0.6 is 0 Å². The topological polar surface area (TPSA) is 49.3 Å². The lowest BCUT2D eigenvalue weighted by molar-refractivity contribution is -0.121. The standard InChI is InChI=1S/C10H21NO2/c1-3-4-5-6-7-10(13)11-8-9(2)12/h9,12H,3-8H2,1-2H3,(H,11,13)/t9-/m1/s1. The van der Waals surface area contributed by atoms with Crippen molar-refractivity contribution in [3.8, 4) is 0 Å². The van der Waals surface area contributed by atoms with Crippen LogP contribution in [0.1, 0.15) is 46.0 Å². The molecule has 0 saturated carbocycles. The van der Waals surface area contributed by atoms with Crippen LogP contribution in [0.25, 0.3) is 0 Å². The minimum absolute atomic E-state index is 0.0528. The molecular weight excluding hydrogens is 166 g/mol. The van der Waals surface area contributed by atoms with Gasteiger partial charge in [0.2, 0.25) is 5.91 Å². The Hall–Kier alpha value is -0.570. The van der Waals surface area contributed by atoms with Gasteiger partial charge in [-0.2, -0.15) is 0 Å². The Morgan fingerprint density at radius 1 is 1.38 bits per heavy atom. The van der Waals surface area contributed by atoms with Gasteiger partial charge in [-0.15, -0.1) is 0 Å². The lowest BCUT2D eigenvalue weighted by Crippen LogP contribution is -2.30. The Morgan fingerprint density at radius 3 is 2.62 bits per heavy atom. The van der Waals surface area contributed by atoms with Crippen LogP contribution in [0.2, 0.25) is 0 Å². The summed E-state index contributed by atoms with van der Waals surface area (Å²) in [7, 11) is 0. The largest absolute Gasteiger partial charge is 0.392 e. The maximum Gasteiger partial charge on any atom is 0.220 e. The second-order valence-corrected chi connectivity index (χ2v) is 3.46. The summed E-state index contributed by atoms with van der Waals surface area (Å²) in [5.41, 5.74) is 0. The van der Waals surface area contributed by atoms with E-state index >= 15 is 0 Å². The number of unbranched alkanes of at least 4 members (excludes halogenated alkanes) is 3. The van der Waals surface area contributed by atoms with E-state index in [1.54, 1.807) is 6.92 Å². The number of nitrogens with one attached hydrogen (secondary N) is 1. The van der Waals surface area contributed by atoms with Gasteiger partial charge in [-0.05, 0) is 13.3 Å². The van der Waals surface area contributed by atoms with E-state index in [1.807, 2.05) is 0 Å². The summed E-state index contributed by atoms with van der Waals surface area (Å²) in [6.07, 6.45) is 4.61. The maximum absolute atomic E-state index is 11.1. The zero-order chi connectivity index (χ0) is 10.1. The molecule has 0 aromatic heterocycles. The van der Waals surface area contributed by atoms with Crippen LogP contribution in [-0.2, 0) is 4.79 Å². The summed E-state index contributed by atoms with van der Waals surface area (Å²) in [5.74, 6) is 0.0528. The Balaban J connectivity index is 3.20. The van der Waals surface area contributed by atoms with Crippen molar-refractivity contribution in [1.82, 2.24) is 5.32 Å². The second kappa shape index (κ2) is 8.05. The molecule has 1 atom stereocenters. The Labute approximate surface area is 80.5 Å². The molecule has 3 nitrogen and oxygen atoms in total. The van der Waals surface area contributed by atoms with Crippen molar-refractivity contribution in [3.05, 3.63) is 0 Å². The number of amides is 1. The SMILES string of the molecule is CCCCCCC(=O)NC[C@@H](C)O. The highest BCUT2D eigenvalue weighted by atomic mass is 16.3. The van der Waals surface area contributed by atoms with E-state index in [4.69, 9.17) is 5.11 Å². The zero-order valence-electron chi connectivity index (χ0n) is 8.68. The van der Waals surface area contributed by atoms with Crippen LogP contribution in [0.15, 0.2) is 0 Å². The highest BCUT2D eigenvalue weighted by Gasteiger charge is 2.01. The van der Waals surface area contributed by atoms with Crippen LogP contribution in [0.3, 0.4) is 0 Å². The van der Waals surface area contributed by atoms with Gasteiger partial charge in [-0.25, -0.2) is 0 Å². The van der Waals surface area contributed by atoms with Crippen molar-refractivity contribution in [2.45, 2.75) is 52.1 Å². The van der Waals surface area contributed by atoms with Crippen LogP contribution in [0.4, 0.5) is 0 Å². The molecule has 0 rings (SSSR count). The fourth-order valence-corrected chi connectivity index (χ4v) is 1.06. The van der Waals surface area contributed by atoms with Gasteiger partial charge in [-0.1, -0.05) is 26.2 Å². The first-order chi connectivity index (χ1) is 6.16. The zero-order valence-corrected chi connectivity index (χ0v) is 8.68. The van der Waals surface area contributed by atoms with Gasteiger partial charge in [0.25, 0.3) is 0 Å². The molecule has 0 unspecified atom stereocenters. The van der Waals surface area contributed by atoms with Crippen molar-refractivity contribution in [3.63, 3.8) is 0 Å². The minimum Gasteiger partial charge on any atom is -0.392 e. The fourth-order valence-electron chi connectivity index (χ4n) is 1.06. The quantitative estimate of drug-likeness (QED) is 0.593. The first-order valence-corrected chi connectivity index (χ1v) is 5.11. The average molecular weight is 187 g/mol. The number of carbonyl (C=O) groups is 1. The lowest BCUT2D eigenvalue weighted by atomic mass is 10.1. The van der Waals surface area contributed by atoms with Crippen molar-refractivity contribution >= 4 is 5.91 Å². The summed E-state index contributed by atoms with van der Waals surface area (Å²) in [5, 5.41) is 11.6. The van der Waals surface area contributed by atoms with Crippen LogP contribution in [0.5, 0.6) is 0 Å². The molecule has 78 valence electrons. The predicted octanol–water partition coefficient (Wildman–Crippen LogP) is 1.45. The van der Waals surface area contributed by atoms with Gasteiger partial charge in [0.1, 0.15) is 0 Å². The normalized spacial score (nSPS) is 12.5. The van der Waals surface area contributed by atoms with E-state index in [0.717, 1.165) is 12.8 Å². The summed E-state index contributed by atoms with van der Waals surface area (Å²) >= 11 is 0. The predicted molar refractivity (Wildman–Crippen MR) is 53.4 cm³/mol. The number of aliphatic hydroxyl groups excluding tert-OH is 1. The molecule has 0 heterocycles. The number of carbonyl (C=O) groups excluding carboxylic acids is 1.